The molecule has 0 aliphatic heterocycles. The molecule has 0 unspecified atom stereocenters. The highest BCUT2D eigenvalue weighted by molar-refractivity contribution is 7.90. The Morgan fingerprint density at radius 1 is 0.875 bits per heavy atom. The summed E-state index contributed by atoms with van der Waals surface area (Å²) in [6, 6.07) is 22.4. The molecule has 0 heterocycles. The van der Waals surface area contributed by atoms with Crippen LogP contribution in [0.2, 0.25) is 0 Å². The third-order valence-electron chi connectivity index (χ3n) is 6.60. The largest absolute Gasteiger partial charge is 0.352 e. The predicted molar refractivity (Wildman–Crippen MR) is 155 cm³/mol. The highest BCUT2D eigenvalue weighted by Crippen LogP contribution is 2.22. The van der Waals surface area contributed by atoms with Crippen molar-refractivity contribution in [1.29, 1.82) is 0 Å². The zero-order chi connectivity index (χ0) is 29.3. The average Bonchev–Trinajstić information content (AvgIpc) is 2.94. The van der Waals surface area contributed by atoms with Crippen molar-refractivity contribution in [3.63, 3.8) is 0 Å². The molecule has 1 N–H and O–H groups in total. The van der Waals surface area contributed by atoms with Crippen LogP contribution in [0.1, 0.15) is 31.4 Å². The molecule has 3 rings (SSSR count). The second kappa shape index (κ2) is 14.0. The fourth-order valence-corrected chi connectivity index (χ4v) is 5.16. The molecule has 0 aliphatic carbocycles. The minimum atomic E-state index is -4.14. The van der Waals surface area contributed by atoms with E-state index in [0.717, 1.165) is 31.9 Å². The Morgan fingerprint density at radius 3 is 1.95 bits per heavy atom. The van der Waals surface area contributed by atoms with Crippen LogP contribution in [0.25, 0.3) is 0 Å². The van der Waals surface area contributed by atoms with E-state index in [9.17, 15) is 22.4 Å². The van der Waals surface area contributed by atoms with Gasteiger partial charge >= 0.3 is 10.2 Å². The third kappa shape index (κ3) is 8.12. The van der Waals surface area contributed by atoms with E-state index >= 15 is 0 Å². The van der Waals surface area contributed by atoms with Gasteiger partial charge in [-0.25, -0.2) is 8.70 Å². The van der Waals surface area contributed by atoms with Crippen LogP contribution in [-0.2, 0) is 32.8 Å². The van der Waals surface area contributed by atoms with Gasteiger partial charge in [-0.15, -0.1) is 0 Å². The minimum absolute atomic E-state index is 0.0877. The summed E-state index contributed by atoms with van der Waals surface area (Å²) in [5.74, 6) is -1.43. The molecule has 0 saturated heterocycles. The van der Waals surface area contributed by atoms with Gasteiger partial charge in [0.2, 0.25) is 11.8 Å². The number of nitrogens with one attached hydrogen (secondary N) is 1. The summed E-state index contributed by atoms with van der Waals surface area (Å²) < 4.78 is 42.2. The summed E-state index contributed by atoms with van der Waals surface area (Å²) in [4.78, 5) is 29.2. The molecule has 0 aromatic heterocycles. The summed E-state index contributed by atoms with van der Waals surface area (Å²) in [5, 5.41) is 3.00. The maximum absolute atomic E-state index is 14.1. The zero-order valence-corrected chi connectivity index (χ0v) is 24.1. The molecule has 10 heteroatoms. The van der Waals surface area contributed by atoms with Crippen molar-refractivity contribution in [3.05, 3.63) is 102 Å². The van der Waals surface area contributed by atoms with Gasteiger partial charge in [-0.05, 0) is 48.7 Å². The Kier molecular flexibility index (Phi) is 10.8. The van der Waals surface area contributed by atoms with E-state index in [1.165, 1.54) is 31.1 Å². The van der Waals surface area contributed by atoms with Gasteiger partial charge in [0.15, 0.2) is 0 Å². The number of hydrogen-bond acceptors (Lipinski definition) is 4. The highest BCUT2D eigenvalue weighted by Gasteiger charge is 2.35. The van der Waals surface area contributed by atoms with Gasteiger partial charge in [-0.1, -0.05) is 67.6 Å². The second-order valence-corrected chi connectivity index (χ2v) is 11.9. The van der Waals surface area contributed by atoms with Crippen LogP contribution in [0.5, 0.6) is 0 Å². The molecule has 3 aromatic carbocycles. The minimum Gasteiger partial charge on any atom is -0.352 e. The number of anilines is 1. The second-order valence-electron chi connectivity index (χ2n) is 9.80. The molecule has 0 radical (unpaired) electrons. The molecule has 40 heavy (non-hydrogen) atoms. The van der Waals surface area contributed by atoms with Gasteiger partial charge in [-0.2, -0.15) is 12.7 Å². The van der Waals surface area contributed by atoms with Gasteiger partial charge in [0.1, 0.15) is 18.4 Å². The number of rotatable bonds is 13. The SMILES string of the molecule is CC[C@@H](C)NC(=O)[C@@H](Cc1ccccc1)N(Cc1ccccc1)C(=O)CN(c1ccc(F)cc1)S(=O)(=O)N(C)C. The van der Waals surface area contributed by atoms with Crippen molar-refractivity contribution < 1.29 is 22.4 Å². The fraction of sp³-hybridized carbons (Fsp3) is 0.333. The first-order valence-electron chi connectivity index (χ1n) is 13.2. The molecule has 0 saturated carbocycles. The third-order valence-corrected chi connectivity index (χ3v) is 8.42. The van der Waals surface area contributed by atoms with Crippen molar-refractivity contribution in [3.8, 4) is 0 Å². The summed E-state index contributed by atoms with van der Waals surface area (Å²) in [6.07, 6.45) is 0.939. The summed E-state index contributed by atoms with van der Waals surface area (Å²) >= 11 is 0. The summed E-state index contributed by atoms with van der Waals surface area (Å²) in [6.45, 7) is 3.35. The van der Waals surface area contributed by atoms with Gasteiger partial charge in [0, 0.05) is 33.1 Å². The molecule has 0 bridgehead atoms. The highest BCUT2D eigenvalue weighted by atomic mass is 32.2. The van der Waals surface area contributed by atoms with E-state index in [2.05, 4.69) is 5.32 Å². The van der Waals surface area contributed by atoms with E-state index < -0.39 is 34.5 Å². The molecule has 0 aliphatic rings. The van der Waals surface area contributed by atoms with Crippen LogP contribution in [0.3, 0.4) is 0 Å². The molecule has 3 aromatic rings. The Labute approximate surface area is 236 Å². The Hall–Kier alpha value is -3.76. The van der Waals surface area contributed by atoms with Crippen LogP contribution in [0.4, 0.5) is 10.1 Å². The Bertz CT molecular complexity index is 1350. The molecule has 2 amide bonds. The van der Waals surface area contributed by atoms with Gasteiger partial charge in [0.25, 0.3) is 0 Å². The van der Waals surface area contributed by atoms with Crippen LogP contribution >= 0.6 is 0 Å². The van der Waals surface area contributed by atoms with Crippen molar-refractivity contribution >= 4 is 27.7 Å². The number of hydrogen-bond donors (Lipinski definition) is 1. The van der Waals surface area contributed by atoms with Crippen LogP contribution < -0.4 is 9.62 Å². The van der Waals surface area contributed by atoms with Crippen molar-refractivity contribution in [2.45, 2.75) is 45.3 Å². The number of amides is 2. The number of nitrogens with zero attached hydrogens (tertiary/aromatic N) is 3. The van der Waals surface area contributed by atoms with E-state index in [-0.39, 0.29) is 30.6 Å². The first-order chi connectivity index (χ1) is 19.0. The van der Waals surface area contributed by atoms with Crippen LogP contribution in [0, 0.1) is 5.82 Å². The monoisotopic (exact) mass is 568 g/mol. The molecule has 0 fully saturated rings. The maximum atomic E-state index is 14.1. The van der Waals surface area contributed by atoms with Gasteiger partial charge in [-0.3, -0.25) is 9.59 Å². The number of benzene rings is 3. The van der Waals surface area contributed by atoms with Crippen molar-refractivity contribution in [2.24, 2.45) is 0 Å². The number of carbonyl (C=O) groups excluding carboxylic acids is 2. The molecular formula is C30H37FN4O4S. The van der Waals surface area contributed by atoms with Gasteiger partial charge in [0.05, 0.1) is 5.69 Å². The van der Waals surface area contributed by atoms with Crippen LogP contribution in [-0.4, -0.2) is 62.2 Å². The number of carbonyl (C=O) groups is 2. The van der Waals surface area contributed by atoms with Crippen LogP contribution in [0.15, 0.2) is 84.9 Å². The summed E-state index contributed by atoms with van der Waals surface area (Å²) in [5.41, 5.74) is 1.77. The zero-order valence-electron chi connectivity index (χ0n) is 23.3. The molecular weight excluding hydrogens is 531 g/mol. The van der Waals surface area contributed by atoms with E-state index in [4.69, 9.17) is 0 Å². The normalized spacial score (nSPS) is 12.9. The lowest BCUT2D eigenvalue weighted by Gasteiger charge is -2.35. The first kappa shape index (κ1) is 30.8. The molecule has 0 spiro atoms. The Balaban J connectivity index is 2.07. The fourth-order valence-electron chi connectivity index (χ4n) is 4.10. The lowest BCUT2D eigenvalue weighted by atomic mass is 10.0. The lowest BCUT2D eigenvalue weighted by molar-refractivity contribution is -0.140. The van der Waals surface area contributed by atoms with E-state index in [1.54, 1.807) is 0 Å². The number of halogens is 1. The van der Waals surface area contributed by atoms with Crippen molar-refractivity contribution in [1.82, 2.24) is 14.5 Å². The molecule has 2 atom stereocenters. The average molecular weight is 569 g/mol. The maximum Gasteiger partial charge on any atom is 0.304 e. The molecule has 8 nitrogen and oxygen atoms in total. The topological polar surface area (TPSA) is 90.0 Å². The quantitative estimate of drug-likeness (QED) is 0.338. The first-order valence-corrected chi connectivity index (χ1v) is 14.6. The summed E-state index contributed by atoms with van der Waals surface area (Å²) in [7, 11) is -1.42. The van der Waals surface area contributed by atoms with Crippen molar-refractivity contribution in [2.75, 3.05) is 24.9 Å². The smallest absolute Gasteiger partial charge is 0.304 e. The van der Waals surface area contributed by atoms with E-state index in [1.807, 2.05) is 74.5 Å². The predicted octanol–water partition coefficient (Wildman–Crippen LogP) is 3.99. The van der Waals surface area contributed by atoms with E-state index in [0.29, 0.717) is 6.42 Å². The standard InChI is InChI=1S/C30H37FN4O4S/c1-5-23(2)32-30(37)28(20-24-12-8-6-9-13-24)34(21-25-14-10-7-11-15-25)29(36)22-35(40(38,39)33(3)4)27-18-16-26(31)17-19-27/h6-19,23,28H,5,20-22H2,1-4H3,(H,32,37)/t23-,28-/m1/s1. The Morgan fingerprint density at radius 2 is 1.43 bits per heavy atom. The molecule has 214 valence electrons. The van der Waals surface area contributed by atoms with Gasteiger partial charge < -0.3 is 10.2 Å². The lowest BCUT2D eigenvalue weighted by Crippen LogP contribution is -2.55.